The summed E-state index contributed by atoms with van der Waals surface area (Å²) in [5.74, 6) is -0.420. The molecule has 0 bridgehead atoms. The lowest BCUT2D eigenvalue weighted by atomic mass is 9.96. The number of alkyl halides is 1. The second-order valence-electron chi connectivity index (χ2n) is 9.39. The van der Waals surface area contributed by atoms with E-state index in [2.05, 4.69) is 16.5 Å². The van der Waals surface area contributed by atoms with Gasteiger partial charge in [0.1, 0.15) is 17.7 Å². The number of nitrogens with zero attached hydrogens (tertiary/aromatic N) is 2. The van der Waals surface area contributed by atoms with Crippen LogP contribution in [0.3, 0.4) is 0 Å². The van der Waals surface area contributed by atoms with Crippen LogP contribution in [0, 0.1) is 19.7 Å². The van der Waals surface area contributed by atoms with Crippen molar-refractivity contribution < 1.29 is 18.3 Å². The Balaban J connectivity index is 1.67. The van der Waals surface area contributed by atoms with Crippen LogP contribution in [-0.2, 0) is 4.79 Å². The predicted molar refractivity (Wildman–Crippen MR) is 133 cm³/mol. The largest absolute Gasteiger partial charge is 0.484 e. The van der Waals surface area contributed by atoms with E-state index in [0.29, 0.717) is 5.75 Å². The molecule has 2 atom stereocenters. The van der Waals surface area contributed by atoms with Gasteiger partial charge < -0.3 is 10.1 Å². The Kier molecular flexibility index (Phi) is 6.61. The molecular formula is C28H29F2N3O2. The predicted octanol–water partition coefficient (Wildman–Crippen LogP) is 6.15. The maximum absolute atomic E-state index is 14.2. The first-order valence-electron chi connectivity index (χ1n) is 11.5. The van der Waals surface area contributed by atoms with Crippen molar-refractivity contribution in [3.8, 4) is 11.4 Å². The van der Waals surface area contributed by atoms with Crippen molar-refractivity contribution in [2.45, 2.75) is 52.4 Å². The molecule has 35 heavy (non-hydrogen) atoms. The highest BCUT2D eigenvalue weighted by molar-refractivity contribution is 5.84. The highest BCUT2D eigenvalue weighted by atomic mass is 19.1. The van der Waals surface area contributed by atoms with E-state index in [0.717, 1.165) is 33.3 Å². The van der Waals surface area contributed by atoms with Gasteiger partial charge in [-0.3, -0.25) is 4.79 Å². The van der Waals surface area contributed by atoms with E-state index in [-0.39, 0.29) is 5.82 Å². The van der Waals surface area contributed by atoms with Gasteiger partial charge in [-0.15, -0.1) is 0 Å². The third-order valence-corrected chi connectivity index (χ3v) is 5.96. The van der Waals surface area contributed by atoms with Gasteiger partial charge in [0.25, 0.3) is 5.91 Å². The van der Waals surface area contributed by atoms with Crippen LogP contribution in [0.25, 0.3) is 16.6 Å². The van der Waals surface area contributed by atoms with Crippen molar-refractivity contribution in [1.29, 1.82) is 0 Å². The van der Waals surface area contributed by atoms with Crippen molar-refractivity contribution in [3.05, 3.63) is 89.4 Å². The van der Waals surface area contributed by atoms with E-state index in [4.69, 9.17) is 4.74 Å². The number of halogens is 2. The molecule has 0 unspecified atom stereocenters. The molecule has 0 fully saturated rings. The van der Waals surface area contributed by atoms with Crippen LogP contribution in [0.4, 0.5) is 8.78 Å². The fourth-order valence-electron chi connectivity index (χ4n) is 4.05. The minimum Gasteiger partial charge on any atom is -0.484 e. The molecular weight excluding hydrogens is 448 g/mol. The summed E-state index contributed by atoms with van der Waals surface area (Å²) in [5, 5.41) is 8.04. The molecule has 0 saturated heterocycles. The van der Waals surface area contributed by atoms with Crippen LogP contribution in [0.15, 0.2) is 66.9 Å². The molecule has 1 amide bonds. The molecule has 0 aliphatic carbocycles. The third kappa shape index (κ3) is 5.34. The van der Waals surface area contributed by atoms with Crippen molar-refractivity contribution in [2.24, 2.45) is 0 Å². The normalized spacial score (nSPS) is 13.5. The summed E-state index contributed by atoms with van der Waals surface area (Å²) in [6.07, 6.45) is 1.17. The highest BCUT2D eigenvalue weighted by Crippen LogP contribution is 2.31. The smallest absolute Gasteiger partial charge is 0.257 e. The molecule has 0 aliphatic heterocycles. The molecule has 1 N–H and O–H groups in total. The summed E-state index contributed by atoms with van der Waals surface area (Å²) >= 11 is 0. The van der Waals surface area contributed by atoms with Crippen LogP contribution in [-0.4, -0.2) is 27.4 Å². The van der Waals surface area contributed by atoms with Crippen LogP contribution < -0.4 is 10.1 Å². The molecule has 1 heterocycles. The van der Waals surface area contributed by atoms with Gasteiger partial charge >= 0.3 is 0 Å². The maximum atomic E-state index is 14.2. The van der Waals surface area contributed by atoms with Gasteiger partial charge in [0.2, 0.25) is 0 Å². The fraction of sp³-hybridized carbons (Fsp3) is 0.286. The van der Waals surface area contributed by atoms with Gasteiger partial charge in [0.15, 0.2) is 5.67 Å². The van der Waals surface area contributed by atoms with Crippen molar-refractivity contribution in [3.63, 3.8) is 0 Å². The monoisotopic (exact) mass is 477 g/mol. The Bertz CT molecular complexity index is 1360. The summed E-state index contributed by atoms with van der Waals surface area (Å²) in [4.78, 5) is 12.4. The van der Waals surface area contributed by atoms with Crippen LogP contribution in [0.5, 0.6) is 5.75 Å². The van der Waals surface area contributed by atoms with E-state index in [1.807, 2.05) is 44.2 Å². The van der Waals surface area contributed by atoms with Gasteiger partial charge in [0, 0.05) is 5.39 Å². The Morgan fingerprint density at radius 3 is 2.43 bits per heavy atom. The minimum absolute atomic E-state index is 0.310. The number of aromatic nitrogens is 2. The number of carbonyl (C=O) groups excluding carboxylic acids is 1. The summed E-state index contributed by atoms with van der Waals surface area (Å²) in [5.41, 5.74) is 2.61. The molecule has 4 aromatic rings. The Morgan fingerprint density at radius 1 is 1.06 bits per heavy atom. The Hall–Kier alpha value is -3.74. The average molecular weight is 478 g/mol. The molecule has 3 aromatic carbocycles. The molecule has 182 valence electrons. The molecule has 0 aliphatic rings. The second-order valence-corrected chi connectivity index (χ2v) is 9.39. The highest BCUT2D eigenvalue weighted by Gasteiger charge is 2.31. The van der Waals surface area contributed by atoms with Crippen LogP contribution in [0.2, 0.25) is 0 Å². The molecule has 0 radical (unpaired) electrons. The number of fused-ring (bicyclic) bond motifs is 1. The van der Waals surface area contributed by atoms with E-state index in [1.54, 1.807) is 29.9 Å². The van der Waals surface area contributed by atoms with Crippen molar-refractivity contribution in [2.75, 3.05) is 0 Å². The zero-order valence-electron chi connectivity index (χ0n) is 20.5. The number of benzene rings is 3. The SMILES string of the molecule is Cc1ccc([C@H](Oc2ccc3c(cnn3-c3ccc(F)cc3)c2)[C@H](C)NC(=O)C(C)(C)F)c(C)c1. The second kappa shape index (κ2) is 9.49. The van der Waals surface area contributed by atoms with E-state index >= 15 is 0 Å². The molecule has 4 rings (SSSR count). The van der Waals surface area contributed by atoms with E-state index in [9.17, 15) is 13.6 Å². The van der Waals surface area contributed by atoms with Gasteiger partial charge in [-0.25, -0.2) is 13.5 Å². The van der Waals surface area contributed by atoms with Crippen LogP contribution in [0.1, 0.15) is 43.6 Å². The number of aryl methyl sites for hydroxylation is 2. The Labute approximate surface area is 203 Å². The van der Waals surface area contributed by atoms with E-state index in [1.165, 1.54) is 26.0 Å². The molecule has 0 saturated carbocycles. The van der Waals surface area contributed by atoms with E-state index < -0.39 is 23.7 Å². The number of ether oxygens (including phenoxy) is 1. The summed E-state index contributed by atoms with van der Waals surface area (Å²) in [7, 11) is 0. The topological polar surface area (TPSA) is 56.1 Å². The maximum Gasteiger partial charge on any atom is 0.257 e. The number of hydrogen-bond donors (Lipinski definition) is 1. The number of rotatable bonds is 7. The summed E-state index contributed by atoms with van der Waals surface area (Å²) in [6, 6.07) is 17.2. The van der Waals surface area contributed by atoms with Crippen molar-refractivity contribution in [1.82, 2.24) is 15.1 Å². The summed E-state index contributed by atoms with van der Waals surface area (Å²) < 4.78 is 35.7. The zero-order valence-corrected chi connectivity index (χ0v) is 20.5. The van der Waals surface area contributed by atoms with Gasteiger partial charge in [0.05, 0.1) is 23.4 Å². The average Bonchev–Trinajstić information content (AvgIpc) is 3.21. The zero-order chi connectivity index (χ0) is 25.3. The number of amides is 1. The lowest BCUT2D eigenvalue weighted by molar-refractivity contribution is -0.132. The lowest BCUT2D eigenvalue weighted by Gasteiger charge is -2.29. The van der Waals surface area contributed by atoms with Crippen molar-refractivity contribution >= 4 is 16.8 Å². The van der Waals surface area contributed by atoms with Gasteiger partial charge in [-0.05, 0) is 88.2 Å². The molecule has 5 nitrogen and oxygen atoms in total. The molecule has 1 aromatic heterocycles. The lowest BCUT2D eigenvalue weighted by Crippen LogP contribution is -2.46. The summed E-state index contributed by atoms with van der Waals surface area (Å²) in [6.45, 7) is 8.26. The fourth-order valence-corrected chi connectivity index (χ4v) is 4.05. The quantitative estimate of drug-likeness (QED) is 0.347. The first kappa shape index (κ1) is 24.4. The number of carbonyl (C=O) groups is 1. The van der Waals surface area contributed by atoms with Gasteiger partial charge in [-0.1, -0.05) is 23.8 Å². The number of nitrogens with one attached hydrogen (secondary N) is 1. The molecule has 7 heteroatoms. The van der Waals surface area contributed by atoms with Gasteiger partial charge in [-0.2, -0.15) is 5.10 Å². The Morgan fingerprint density at radius 2 is 1.77 bits per heavy atom. The minimum atomic E-state index is -2.00. The first-order valence-corrected chi connectivity index (χ1v) is 11.5. The molecule has 0 spiro atoms. The number of hydrogen-bond acceptors (Lipinski definition) is 3. The van der Waals surface area contributed by atoms with Crippen LogP contribution >= 0.6 is 0 Å². The third-order valence-electron chi connectivity index (χ3n) is 5.96. The standard InChI is InChI=1S/C28H29F2N3O2/c1-17-6-12-24(18(2)14-17)26(19(3)32-27(34)28(4,5)30)35-23-11-13-25-20(15-23)16-31-33(25)22-9-7-21(29)8-10-22/h6-16,19,26H,1-5H3,(H,32,34)/t19-,26+/m0/s1. The first-order chi connectivity index (χ1) is 16.5.